The van der Waals surface area contributed by atoms with Crippen LogP contribution in [-0.2, 0) is 4.74 Å². The molecule has 2 saturated heterocycles. The maximum absolute atomic E-state index is 6.26. The van der Waals surface area contributed by atoms with Gasteiger partial charge in [-0.25, -0.2) is 0 Å². The summed E-state index contributed by atoms with van der Waals surface area (Å²) in [4.78, 5) is 2.56. The lowest BCUT2D eigenvalue weighted by Crippen LogP contribution is -2.56. The molecule has 0 aromatic rings. The third-order valence-corrected chi connectivity index (χ3v) is 3.82. The zero-order valence-corrected chi connectivity index (χ0v) is 10.2. The van der Waals surface area contributed by atoms with E-state index >= 15 is 0 Å². The van der Waals surface area contributed by atoms with Crippen molar-refractivity contribution in [3.8, 4) is 0 Å². The van der Waals surface area contributed by atoms with E-state index in [0.29, 0.717) is 6.04 Å². The minimum absolute atomic E-state index is 0.136. The molecule has 0 aliphatic carbocycles. The lowest BCUT2D eigenvalue weighted by Gasteiger charge is -2.41. The Morgan fingerprint density at radius 2 is 2.13 bits per heavy atom. The molecule has 2 aliphatic heterocycles. The maximum atomic E-state index is 6.26. The van der Waals surface area contributed by atoms with Crippen LogP contribution in [0.5, 0.6) is 0 Å². The van der Waals surface area contributed by atoms with E-state index in [2.05, 4.69) is 25.7 Å². The van der Waals surface area contributed by atoms with E-state index in [-0.39, 0.29) is 17.6 Å². The molecule has 0 spiro atoms. The highest BCUT2D eigenvalue weighted by molar-refractivity contribution is 4.92. The zero-order valence-electron chi connectivity index (χ0n) is 10.2. The standard InChI is InChI=1S/C12H24N2O/c1-12(2,3)11(13)10-7-14-6-4-5-9(14)8-15-10/h9-11H,4-8,13H2,1-3H3. The Balaban J connectivity index is 1.95. The van der Waals surface area contributed by atoms with Crippen molar-refractivity contribution < 1.29 is 4.74 Å². The molecular formula is C12H24N2O. The summed E-state index contributed by atoms with van der Waals surface area (Å²) >= 11 is 0. The average molecular weight is 212 g/mol. The summed E-state index contributed by atoms with van der Waals surface area (Å²) in [5, 5.41) is 0. The molecular weight excluding hydrogens is 188 g/mol. The first kappa shape index (κ1) is 11.4. The van der Waals surface area contributed by atoms with Crippen molar-refractivity contribution in [2.75, 3.05) is 19.7 Å². The van der Waals surface area contributed by atoms with Gasteiger partial charge < -0.3 is 10.5 Å². The number of nitrogens with two attached hydrogens (primary N) is 1. The fourth-order valence-corrected chi connectivity index (χ4v) is 2.62. The Labute approximate surface area is 93.0 Å². The van der Waals surface area contributed by atoms with Gasteiger partial charge in [0.15, 0.2) is 0 Å². The smallest absolute Gasteiger partial charge is 0.0858 e. The Morgan fingerprint density at radius 3 is 2.80 bits per heavy atom. The molecule has 15 heavy (non-hydrogen) atoms. The first-order valence-corrected chi connectivity index (χ1v) is 6.10. The number of rotatable bonds is 1. The first-order valence-electron chi connectivity index (χ1n) is 6.10. The fourth-order valence-electron chi connectivity index (χ4n) is 2.62. The molecule has 2 N–H and O–H groups in total. The third-order valence-electron chi connectivity index (χ3n) is 3.82. The number of hydrogen-bond acceptors (Lipinski definition) is 3. The number of ether oxygens (including phenoxy) is 1. The molecule has 2 rings (SSSR count). The van der Waals surface area contributed by atoms with Gasteiger partial charge in [0.25, 0.3) is 0 Å². The second kappa shape index (κ2) is 4.04. The Hall–Kier alpha value is -0.120. The molecule has 0 amide bonds. The number of hydrogen-bond donors (Lipinski definition) is 1. The van der Waals surface area contributed by atoms with Crippen LogP contribution in [0.2, 0.25) is 0 Å². The van der Waals surface area contributed by atoms with Crippen molar-refractivity contribution in [1.29, 1.82) is 0 Å². The highest BCUT2D eigenvalue weighted by Gasteiger charge is 2.38. The van der Waals surface area contributed by atoms with Crippen molar-refractivity contribution in [2.24, 2.45) is 11.1 Å². The van der Waals surface area contributed by atoms with Crippen molar-refractivity contribution >= 4 is 0 Å². The molecule has 0 saturated carbocycles. The van der Waals surface area contributed by atoms with Gasteiger partial charge >= 0.3 is 0 Å². The van der Waals surface area contributed by atoms with Crippen LogP contribution in [-0.4, -0.2) is 42.8 Å². The van der Waals surface area contributed by atoms with Gasteiger partial charge in [-0.2, -0.15) is 0 Å². The van der Waals surface area contributed by atoms with E-state index in [1.54, 1.807) is 0 Å². The van der Waals surface area contributed by atoms with Crippen LogP contribution in [0.4, 0.5) is 0 Å². The molecule has 2 fully saturated rings. The Morgan fingerprint density at radius 1 is 1.40 bits per heavy atom. The van der Waals surface area contributed by atoms with Crippen LogP contribution in [0.25, 0.3) is 0 Å². The van der Waals surface area contributed by atoms with Gasteiger partial charge in [-0.15, -0.1) is 0 Å². The van der Waals surface area contributed by atoms with E-state index in [9.17, 15) is 0 Å². The largest absolute Gasteiger partial charge is 0.374 e. The highest BCUT2D eigenvalue weighted by atomic mass is 16.5. The fraction of sp³-hybridized carbons (Fsp3) is 1.00. The molecule has 0 aromatic carbocycles. The normalized spacial score (nSPS) is 35.2. The Kier molecular flexibility index (Phi) is 3.06. The number of fused-ring (bicyclic) bond motifs is 1. The van der Waals surface area contributed by atoms with Gasteiger partial charge in [0.2, 0.25) is 0 Å². The SMILES string of the molecule is CC(C)(C)C(N)C1CN2CCCC2CO1. The van der Waals surface area contributed by atoms with Crippen molar-refractivity contribution in [3.63, 3.8) is 0 Å². The summed E-state index contributed by atoms with van der Waals surface area (Å²) in [5.41, 5.74) is 6.39. The lowest BCUT2D eigenvalue weighted by molar-refractivity contribution is -0.0737. The van der Waals surface area contributed by atoms with Crippen molar-refractivity contribution in [2.45, 2.75) is 51.8 Å². The van der Waals surface area contributed by atoms with Gasteiger partial charge in [-0.3, -0.25) is 4.90 Å². The maximum Gasteiger partial charge on any atom is 0.0858 e. The van der Waals surface area contributed by atoms with Crippen LogP contribution in [0.15, 0.2) is 0 Å². The molecule has 88 valence electrons. The number of nitrogens with zero attached hydrogens (tertiary/aromatic N) is 1. The number of morpholine rings is 1. The van der Waals surface area contributed by atoms with Crippen LogP contribution in [0.3, 0.4) is 0 Å². The third kappa shape index (κ3) is 2.35. The molecule has 0 aromatic heterocycles. The summed E-state index contributed by atoms with van der Waals surface area (Å²) in [6.45, 7) is 9.73. The minimum Gasteiger partial charge on any atom is -0.374 e. The molecule has 2 heterocycles. The quantitative estimate of drug-likeness (QED) is 0.710. The molecule has 3 nitrogen and oxygen atoms in total. The predicted octanol–water partition coefficient (Wildman–Crippen LogP) is 1.22. The van der Waals surface area contributed by atoms with Crippen LogP contribution < -0.4 is 5.73 Å². The topological polar surface area (TPSA) is 38.5 Å². The Bertz CT molecular complexity index is 224. The van der Waals surface area contributed by atoms with E-state index in [1.165, 1.54) is 19.4 Å². The van der Waals surface area contributed by atoms with Gasteiger partial charge in [0.05, 0.1) is 12.7 Å². The van der Waals surface area contributed by atoms with E-state index in [4.69, 9.17) is 10.5 Å². The van der Waals surface area contributed by atoms with E-state index < -0.39 is 0 Å². The second-order valence-electron chi connectivity index (χ2n) is 6.05. The van der Waals surface area contributed by atoms with Crippen LogP contribution in [0, 0.1) is 5.41 Å². The highest BCUT2D eigenvalue weighted by Crippen LogP contribution is 2.28. The van der Waals surface area contributed by atoms with Gasteiger partial charge in [0.1, 0.15) is 0 Å². The average Bonchev–Trinajstić information content (AvgIpc) is 2.61. The summed E-state index contributed by atoms with van der Waals surface area (Å²) in [5.74, 6) is 0. The summed E-state index contributed by atoms with van der Waals surface area (Å²) < 4.78 is 5.91. The van der Waals surface area contributed by atoms with Gasteiger partial charge in [0, 0.05) is 18.6 Å². The van der Waals surface area contributed by atoms with Gasteiger partial charge in [-0.1, -0.05) is 20.8 Å². The zero-order chi connectivity index (χ0) is 11.1. The van der Waals surface area contributed by atoms with Gasteiger partial charge in [-0.05, 0) is 24.8 Å². The molecule has 2 aliphatic rings. The summed E-state index contributed by atoms with van der Waals surface area (Å²) in [7, 11) is 0. The molecule has 3 heteroatoms. The molecule has 3 atom stereocenters. The first-order chi connectivity index (χ1) is 6.98. The molecule has 0 radical (unpaired) electrons. The van der Waals surface area contributed by atoms with Crippen molar-refractivity contribution in [1.82, 2.24) is 4.90 Å². The summed E-state index contributed by atoms with van der Waals surface area (Å²) in [6.07, 6.45) is 2.85. The molecule has 0 bridgehead atoms. The van der Waals surface area contributed by atoms with E-state index in [0.717, 1.165) is 13.2 Å². The second-order valence-corrected chi connectivity index (χ2v) is 6.05. The van der Waals surface area contributed by atoms with Crippen LogP contribution in [0.1, 0.15) is 33.6 Å². The summed E-state index contributed by atoms with van der Waals surface area (Å²) in [6, 6.07) is 0.812. The minimum atomic E-state index is 0.136. The monoisotopic (exact) mass is 212 g/mol. The van der Waals surface area contributed by atoms with E-state index in [1.807, 2.05) is 0 Å². The predicted molar refractivity (Wildman–Crippen MR) is 61.8 cm³/mol. The molecule has 3 unspecified atom stereocenters. The lowest BCUT2D eigenvalue weighted by atomic mass is 9.83. The van der Waals surface area contributed by atoms with Crippen molar-refractivity contribution in [3.05, 3.63) is 0 Å². The van der Waals surface area contributed by atoms with Crippen LogP contribution >= 0.6 is 0 Å².